The van der Waals surface area contributed by atoms with Crippen LogP contribution in [0.3, 0.4) is 0 Å². The Morgan fingerprint density at radius 3 is 2.65 bits per heavy atom. The number of carbonyl (C=O) groups is 1. The molecular formula is C26H25BrN2O4S. The van der Waals surface area contributed by atoms with Gasteiger partial charge >= 0.3 is 0 Å². The highest BCUT2D eigenvalue weighted by atomic mass is 79.9. The molecule has 0 N–H and O–H groups in total. The molecule has 0 atom stereocenters. The van der Waals surface area contributed by atoms with Crippen molar-refractivity contribution >= 4 is 50.5 Å². The van der Waals surface area contributed by atoms with Crippen molar-refractivity contribution in [3.05, 3.63) is 81.6 Å². The summed E-state index contributed by atoms with van der Waals surface area (Å²) >= 11 is 4.93. The Labute approximate surface area is 211 Å². The van der Waals surface area contributed by atoms with Crippen LogP contribution >= 0.6 is 27.7 Å². The smallest absolute Gasteiger partial charge is 0.267 e. The molecule has 0 radical (unpaired) electrons. The van der Waals surface area contributed by atoms with Gasteiger partial charge in [-0.2, -0.15) is 0 Å². The Kier molecular flexibility index (Phi) is 7.80. The van der Waals surface area contributed by atoms with E-state index in [1.54, 1.807) is 17.2 Å². The van der Waals surface area contributed by atoms with E-state index in [4.69, 9.17) is 18.9 Å². The summed E-state index contributed by atoms with van der Waals surface area (Å²) in [5, 5.41) is 0.600. The molecule has 176 valence electrons. The van der Waals surface area contributed by atoms with Crippen molar-refractivity contribution in [3.8, 4) is 11.5 Å². The van der Waals surface area contributed by atoms with Crippen LogP contribution in [0, 0.1) is 0 Å². The van der Waals surface area contributed by atoms with Crippen molar-refractivity contribution < 1.29 is 18.7 Å². The number of benzene rings is 2. The second-order valence-electron chi connectivity index (χ2n) is 7.74. The van der Waals surface area contributed by atoms with E-state index >= 15 is 0 Å². The van der Waals surface area contributed by atoms with Gasteiger partial charge in [0.25, 0.3) is 5.91 Å². The number of nitrogens with zero attached hydrogens (tertiary/aromatic N) is 2. The van der Waals surface area contributed by atoms with E-state index in [0.717, 1.165) is 15.7 Å². The Morgan fingerprint density at radius 2 is 1.97 bits per heavy atom. The third-order valence-electron chi connectivity index (χ3n) is 4.75. The minimum Gasteiger partial charge on any atom is -0.490 e. The van der Waals surface area contributed by atoms with E-state index in [0.29, 0.717) is 40.5 Å². The van der Waals surface area contributed by atoms with Gasteiger partial charge in [-0.1, -0.05) is 18.2 Å². The lowest BCUT2D eigenvalue weighted by molar-refractivity contribution is -0.122. The maximum atomic E-state index is 13.4. The summed E-state index contributed by atoms with van der Waals surface area (Å²) in [6.07, 6.45) is 3.45. The number of para-hydroxylation sites is 1. The fourth-order valence-electron chi connectivity index (χ4n) is 3.34. The molecule has 1 aliphatic heterocycles. The van der Waals surface area contributed by atoms with Crippen LogP contribution in [-0.4, -0.2) is 28.7 Å². The van der Waals surface area contributed by atoms with E-state index in [-0.39, 0.29) is 12.0 Å². The van der Waals surface area contributed by atoms with Crippen LogP contribution in [0.25, 0.3) is 6.08 Å². The van der Waals surface area contributed by atoms with Crippen LogP contribution in [-0.2, 0) is 11.3 Å². The summed E-state index contributed by atoms with van der Waals surface area (Å²) in [4.78, 5) is 20.3. The highest BCUT2D eigenvalue weighted by Gasteiger charge is 2.34. The predicted octanol–water partition coefficient (Wildman–Crippen LogP) is 7.03. The maximum Gasteiger partial charge on any atom is 0.267 e. The summed E-state index contributed by atoms with van der Waals surface area (Å²) < 4.78 is 18.0. The van der Waals surface area contributed by atoms with Crippen LogP contribution < -0.4 is 9.47 Å². The number of aliphatic imine (C=N–C) groups is 1. The Morgan fingerprint density at radius 1 is 1.18 bits per heavy atom. The van der Waals surface area contributed by atoms with Gasteiger partial charge < -0.3 is 13.9 Å². The second-order valence-corrected chi connectivity index (χ2v) is 9.60. The molecule has 2 heterocycles. The third-order valence-corrected chi connectivity index (χ3v) is 6.34. The number of rotatable bonds is 8. The van der Waals surface area contributed by atoms with Gasteiger partial charge in [0.2, 0.25) is 0 Å². The lowest BCUT2D eigenvalue weighted by Gasteiger charge is -2.17. The van der Waals surface area contributed by atoms with Gasteiger partial charge in [-0.3, -0.25) is 9.69 Å². The van der Waals surface area contributed by atoms with Gasteiger partial charge in [0.15, 0.2) is 16.7 Å². The first-order chi connectivity index (χ1) is 16.4. The van der Waals surface area contributed by atoms with Crippen molar-refractivity contribution in [2.24, 2.45) is 4.99 Å². The van der Waals surface area contributed by atoms with Crippen molar-refractivity contribution in [1.82, 2.24) is 4.90 Å². The standard InChI is InChI=1S/C26H25BrN2O4S/c1-4-31-22-14-18(13-21(27)24(22)33-17(2)3)15-23-25(30)29(16-20-11-8-12-32-20)26(34-23)28-19-9-6-5-7-10-19/h5-15,17H,4,16H2,1-3H3/b23-15-,28-26?. The first-order valence-electron chi connectivity index (χ1n) is 10.9. The molecule has 2 aromatic carbocycles. The first-order valence-corrected chi connectivity index (χ1v) is 12.6. The fourth-order valence-corrected chi connectivity index (χ4v) is 4.89. The lowest BCUT2D eigenvalue weighted by atomic mass is 10.1. The first kappa shape index (κ1) is 24.2. The van der Waals surface area contributed by atoms with E-state index in [1.165, 1.54) is 11.8 Å². The van der Waals surface area contributed by atoms with Crippen molar-refractivity contribution in [2.75, 3.05) is 6.61 Å². The molecule has 4 rings (SSSR count). The number of thioether (sulfide) groups is 1. The minimum atomic E-state index is -0.132. The van der Waals surface area contributed by atoms with Gasteiger partial charge in [-0.05, 0) is 96.5 Å². The average molecular weight is 541 g/mol. The van der Waals surface area contributed by atoms with Crippen LogP contribution in [0.2, 0.25) is 0 Å². The monoisotopic (exact) mass is 540 g/mol. The number of furan rings is 1. The SMILES string of the molecule is CCOc1cc(/C=C2\SC(=Nc3ccccc3)N(Cc3ccco3)C2=O)cc(Br)c1OC(C)C. The van der Waals surface area contributed by atoms with Crippen LogP contribution in [0.4, 0.5) is 5.69 Å². The lowest BCUT2D eigenvalue weighted by Crippen LogP contribution is -2.28. The topological polar surface area (TPSA) is 64.3 Å². The van der Waals surface area contributed by atoms with E-state index in [9.17, 15) is 4.79 Å². The molecule has 6 nitrogen and oxygen atoms in total. The molecule has 0 bridgehead atoms. The molecule has 0 spiro atoms. The molecule has 8 heteroatoms. The number of halogens is 1. The zero-order chi connectivity index (χ0) is 24.1. The average Bonchev–Trinajstić information content (AvgIpc) is 3.41. The highest BCUT2D eigenvalue weighted by Crippen LogP contribution is 2.40. The zero-order valence-corrected chi connectivity index (χ0v) is 21.6. The van der Waals surface area contributed by atoms with E-state index in [2.05, 4.69) is 15.9 Å². The molecule has 34 heavy (non-hydrogen) atoms. The van der Waals surface area contributed by atoms with Crippen LogP contribution in [0.15, 0.2) is 79.6 Å². The Balaban J connectivity index is 1.70. The molecular weight excluding hydrogens is 516 g/mol. The van der Waals surface area contributed by atoms with Crippen molar-refractivity contribution in [3.63, 3.8) is 0 Å². The van der Waals surface area contributed by atoms with Gasteiger partial charge in [0.05, 0.1) is 40.6 Å². The highest BCUT2D eigenvalue weighted by molar-refractivity contribution is 9.10. The van der Waals surface area contributed by atoms with Gasteiger partial charge in [0.1, 0.15) is 5.76 Å². The molecule has 1 saturated heterocycles. The van der Waals surface area contributed by atoms with Gasteiger partial charge in [-0.15, -0.1) is 0 Å². The number of amides is 1. The molecule has 1 aliphatic rings. The normalized spacial score (nSPS) is 16.1. The predicted molar refractivity (Wildman–Crippen MR) is 139 cm³/mol. The summed E-state index contributed by atoms with van der Waals surface area (Å²) in [6.45, 7) is 6.66. The maximum absolute atomic E-state index is 13.4. The largest absolute Gasteiger partial charge is 0.490 e. The number of hydrogen-bond acceptors (Lipinski definition) is 6. The molecule has 1 fully saturated rings. The number of hydrogen-bond donors (Lipinski definition) is 0. The second kappa shape index (κ2) is 11.0. The van der Waals surface area contributed by atoms with Crippen LogP contribution in [0.1, 0.15) is 32.1 Å². The molecule has 3 aromatic rings. The summed E-state index contributed by atoms with van der Waals surface area (Å²) in [5.74, 6) is 1.83. The summed E-state index contributed by atoms with van der Waals surface area (Å²) in [7, 11) is 0. The molecule has 0 aliphatic carbocycles. The molecule has 1 aromatic heterocycles. The number of amidine groups is 1. The molecule has 1 amide bonds. The molecule has 0 unspecified atom stereocenters. The van der Waals surface area contributed by atoms with Gasteiger partial charge in [-0.25, -0.2) is 4.99 Å². The molecule has 0 saturated carbocycles. The van der Waals surface area contributed by atoms with Crippen LogP contribution in [0.5, 0.6) is 11.5 Å². The van der Waals surface area contributed by atoms with E-state index < -0.39 is 0 Å². The summed E-state index contributed by atoms with van der Waals surface area (Å²) in [6, 6.07) is 17.0. The zero-order valence-electron chi connectivity index (χ0n) is 19.2. The third kappa shape index (κ3) is 5.74. The summed E-state index contributed by atoms with van der Waals surface area (Å²) in [5.41, 5.74) is 1.60. The number of ether oxygens (including phenoxy) is 2. The quantitative estimate of drug-likeness (QED) is 0.287. The van der Waals surface area contributed by atoms with Crippen molar-refractivity contribution in [2.45, 2.75) is 33.4 Å². The fraction of sp³-hybridized carbons (Fsp3) is 0.231. The Bertz CT molecular complexity index is 1210. The minimum absolute atomic E-state index is 0.00130. The van der Waals surface area contributed by atoms with Crippen molar-refractivity contribution in [1.29, 1.82) is 0 Å². The number of carbonyl (C=O) groups excluding carboxylic acids is 1. The Hall–Kier alpha value is -2.97. The van der Waals surface area contributed by atoms with Gasteiger partial charge in [0, 0.05) is 0 Å². The van der Waals surface area contributed by atoms with E-state index in [1.807, 2.05) is 75.4 Å².